The van der Waals surface area contributed by atoms with E-state index < -0.39 is 34.4 Å². The van der Waals surface area contributed by atoms with Gasteiger partial charge in [-0.1, -0.05) is 24.3 Å². The summed E-state index contributed by atoms with van der Waals surface area (Å²) in [6.45, 7) is 1.24. The standard InChI is InChI=1S/C22H22N2O6S/c1-14(15-3-4-17-12-19(29-2)8-5-16(17)11-15)22(26)30-13-21(25)24-18-6-9-20(10-7-18)31(23,27)28/h3-12,14H,13H2,1-2H3,(H,24,25)(H2,23,27,28). The Kier molecular flexibility index (Phi) is 6.57. The van der Waals surface area contributed by atoms with Crippen molar-refractivity contribution in [3.63, 3.8) is 0 Å². The van der Waals surface area contributed by atoms with E-state index in [1.54, 1.807) is 14.0 Å². The Morgan fingerprint density at radius 3 is 2.29 bits per heavy atom. The van der Waals surface area contributed by atoms with E-state index >= 15 is 0 Å². The number of esters is 1. The third kappa shape index (κ3) is 5.59. The van der Waals surface area contributed by atoms with Crippen molar-refractivity contribution in [2.75, 3.05) is 19.0 Å². The molecule has 1 atom stereocenters. The van der Waals surface area contributed by atoms with Crippen molar-refractivity contribution in [2.24, 2.45) is 5.14 Å². The number of nitrogens with two attached hydrogens (primary N) is 1. The maximum atomic E-state index is 12.4. The summed E-state index contributed by atoms with van der Waals surface area (Å²) in [6.07, 6.45) is 0. The van der Waals surface area contributed by atoms with Crippen molar-refractivity contribution in [2.45, 2.75) is 17.7 Å². The fourth-order valence-corrected chi connectivity index (χ4v) is 3.48. The SMILES string of the molecule is COc1ccc2cc(C(C)C(=O)OCC(=O)Nc3ccc(S(N)(=O)=O)cc3)ccc2c1. The van der Waals surface area contributed by atoms with Crippen molar-refractivity contribution in [1.82, 2.24) is 0 Å². The van der Waals surface area contributed by atoms with E-state index in [1.807, 2.05) is 36.4 Å². The van der Waals surface area contributed by atoms with Crippen LogP contribution in [0.2, 0.25) is 0 Å². The van der Waals surface area contributed by atoms with E-state index in [0.29, 0.717) is 5.69 Å². The van der Waals surface area contributed by atoms with Crippen molar-refractivity contribution >= 4 is 38.4 Å². The molecule has 0 aliphatic rings. The normalized spacial score (nSPS) is 12.2. The lowest BCUT2D eigenvalue weighted by Crippen LogP contribution is -2.23. The minimum absolute atomic E-state index is 0.0698. The smallest absolute Gasteiger partial charge is 0.313 e. The Labute approximate surface area is 180 Å². The zero-order chi connectivity index (χ0) is 22.6. The van der Waals surface area contributed by atoms with Crippen LogP contribution < -0.4 is 15.2 Å². The van der Waals surface area contributed by atoms with Crippen molar-refractivity contribution in [1.29, 1.82) is 0 Å². The summed E-state index contributed by atoms with van der Waals surface area (Å²) in [4.78, 5) is 24.4. The third-order valence-electron chi connectivity index (χ3n) is 4.74. The monoisotopic (exact) mass is 442 g/mol. The maximum Gasteiger partial charge on any atom is 0.313 e. The van der Waals surface area contributed by atoms with Crippen LogP contribution in [0.4, 0.5) is 5.69 Å². The van der Waals surface area contributed by atoms with Crippen LogP contribution in [0.25, 0.3) is 10.8 Å². The van der Waals surface area contributed by atoms with Gasteiger partial charge in [0.2, 0.25) is 10.0 Å². The number of hydrogen-bond acceptors (Lipinski definition) is 6. The minimum Gasteiger partial charge on any atom is -0.497 e. The molecule has 162 valence electrons. The van der Waals surface area contributed by atoms with E-state index in [4.69, 9.17) is 14.6 Å². The molecular weight excluding hydrogens is 420 g/mol. The summed E-state index contributed by atoms with van der Waals surface area (Å²) < 4.78 is 32.8. The van der Waals surface area contributed by atoms with E-state index in [1.165, 1.54) is 24.3 Å². The number of rotatable bonds is 7. The summed E-state index contributed by atoms with van der Waals surface area (Å²) >= 11 is 0. The number of carbonyl (C=O) groups is 2. The highest BCUT2D eigenvalue weighted by atomic mass is 32.2. The Morgan fingerprint density at radius 2 is 1.65 bits per heavy atom. The van der Waals surface area contributed by atoms with Gasteiger partial charge in [0.15, 0.2) is 6.61 Å². The van der Waals surface area contributed by atoms with Crippen LogP contribution in [0.15, 0.2) is 65.6 Å². The van der Waals surface area contributed by atoms with E-state index in [-0.39, 0.29) is 4.90 Å². The van der Waals surface area contributed by atoms with Gasteiger partial charge in [0.1, 0.15) is 5.75 Å². The lowest BCUT2D eigenvalue weighted by molar-refractivity contribution is -0.148. The van der Waals surface area contributed by atoms with Gasteiger partial charge in [-0.25, -0.2) is 13.6 Å². The van der Waals surface area contributed by atoms with Crippen LogP contribution >= 0.6 is 0 Å². The molecule has 0 aromatic heterocycles. The first-order valence-corrected chi connectivity index (χ1v) is 10.9. The van der Waals surface area contributed by atoms with Crippen LogP contribution in [0.3, 0.4) is 0 Å². The molecule has 3 aromatic rings. The molecule has 3 aromatic carbocycles. The number of nitrogens with one attached hydrogen (secondary N) is 1. The molecule has 9 heteroatoms. The number of primary sulfonamides is 1. The molecule has 0 spiro atoms. The molecule has 0 saturated carbocycles. The molecule has 0 aliphatic carbocycles. The molecule has 0 heterocycles. The van der Waals surface area contributed by atoms with Crippen molar-refractivity contribution in [3.8, 4) is 5.75 Å². The summed E-state index contributed by atoms with van der Waals surface area (Å²) in [5, 5.41) is 9.50. The number of methoxy groups -OCH3 is 1. The van der Waals surface area contributed by atoms with Crippen molar-refractivity contribution in [3.05, 3.63) is 66.2 Å². The average Bonchev–Trinajstić information content (AvgIpc) is 2.76. The van der Waals surface area contributed by atoms with E-state index in [2.05, 4.69) is 5.32 Å². The van der Waals surface area contributed by atoms with Gasteiger partial charge in [-0.15, -0.1) is 0 Å². The highest BCUT2D eigenvalue weighted by molar-refractivity contribution is 7.89. The lowest BCUT2D eigenvalue weighted by atomic mass is 9.98. The second-order valence-electron chi connectivity index (χ2n) is 6.92. The quantitative estimate of drug-likeness (QED) is 0.542. The molecule has 0 aliphatic heterocycles. The highest BCUT2D eigenvalue weighted by Gasteiger charge is 2.19. The molecule has 0 bridgehead atoms. The Bertz CT molecular complexity index is 1220. The van der Waals surface area contributed by atoms with Crippen LogP contribution in [0.5, 0.6) is 5.75 Å². The third-order valence-corrected chi connectivity index (χ3v) is 5.67. The molecule has 3 rings (SSSR count). The van der Waals surface area contributed by atoms with Gasteiger partial charge in [0, 0.05) is 5.69 Å². The summed E-state index contributed by atoms with van der Waals surface area (Å²) in [5.41, 5.74) is 1.12. The highest BCUT2D eigenvalue weighted by Crippen LogP contribution is 2.25. The van der Waals surface area contributed by atoms with Gasteiger partial charge < -0.3 is 14.8 Å². The molecule has 0 radical (unpaired) electrons. The Hall–Kier alpha value is -3.43. The zero-order valence-corrected chi connectivity index (χ0v) is 17.8. The fourth-order valence-electron chi connectivity index (χ4n) is 2.96. The molecule has 0 fully saturated rings. The first-order valence-electron chi connectivity index (χ1n) is 9.34. The van der Waals surface area contributed by atoms with Crippen LogP contribution in [-0.2, 0) is 24.3 Å². The van der Waals surface area contributed by atoms with Gasteiger partial charge in [0.05, 0.1) is 17.9 Å². The predicted octanol–water partition coefficient (Wildman–Crippen LogP) is 2.78. The molecule has 31 heavy (non-hydrogen) atoms. The number of carbonyl (C=O) groups excluding carboxylic acids is 2. The van der Waals surface area contributed by atoms with E-state index in [0.717, 1.165) is 22.1 Å². The summed E-state index contributed by atoms with van der Waals surface area (Å²) in [7, 11) is -2.21. The summed E-state index contributed by atoms with van der Waals surface area (Å²) in [6, 6.07) is 16.6. The largest absolute Gasteiger partial charge is 0.497 e. The lowest BCUT2D eigenvalue weighted by Gasteiger charge is -2.13. The Balaban J connectivity index is 1.58. The zero-order valence-electron chi connectivity index (χ0n) is 17.0. The summed E-state index contributed by atoms with van der Waals surface area (Å²) in [5.74, 6) is -0.895. The molecule has 3 N–H and O–H groups in total. The van der Waals surface area contributed by atoms with Crippen LogP contribution in [0.1, 0.15) is 18.4 Å². The number of anilines is 1. The number of benzene rings is 3. The van der Waals surface area contributed by atoms with Crippen LogP contribution in [-0.4, -0.2) is 34.0 Å². The number of hydrogen-bond donors (Lipinski definition) is 2. The Morgan fingerprint density at radius 1 is 1.00 bits per heavy atom. The first kappa shape index (κ1) is 22.3. The molecule has 8 nitrogen and oxygen atoms in total. The predicted molar refractivity (Wildman–Crippen MR) is 116 cm³/mol. The average molecular weight is 442 g/mol. The van der Waals surface area contributed by atoms with Crippen LogP contribution in [0, 0.1) is 0 Å². The topological polar surface area (TPSA) is 125 Å². The van der Waals surface area contributed by atoms with Gasteiger partial charge in [-0.2, -0.15) is 0 Å². The second kappa shape index (κ2) is 9.15. The molecular formula is C22H22N2O6S. The van der Waals surface area contributed by atoms with Gasteiger partial charge in [-0.3, -0.25) is 9.59 Å². The number of ether oxygens (including phenoxy) is 2. The molecule has 0 saturated heterocycles. The van der Waals surface area contributed by atoms with Gasteiger partial charge >= 0.3 is 5.97 Å². The second-order valence-corrected chi connectivity index (χ2v) is 8.48. The van der Waals surface area contributed by atoms with E-state index in [9.17, 15) is 18.0 Å². The number of fused-ring (bicyclic) bond motifs is 1. The number of amides is 1. The molecule has 1 unspecified atom stereocenters. The van der Waals surface area contributed by atoms with Gasteiger partial charge in [0.25, 0.3) is 5.91 Å². The van der Waals surface area contributed by atoms with Gasteiger partial charge in [-0.05, 0) is 59.7 Å². The minimum atomic E-state index is -3.81. The maximum absolute atomic E-state index is 12.4. The molecule has 1 amide bonds. The fraction of sp³-hybridized carbons (Fsp3) is 0.182. The first-order chi connectivity index (χ1) is 14.7. The number of sulfonamides is 1. The van der Waals surface area contributed by atoms with Crippen molar-refractivity contribution < 1.29 is 27.5 Å².